The molecular formula is C23H18N2OS2. The van der Waals surface area contributed by atoms with Crippen molar-refractivity contribution in [3.05, 3.63) is 83.9 Å². The molecule has 2 heterocycles. The average Bonchev–Trinajstić information content (AvgIpc) is 3.35. The zero-order chi connectivity index (χ0) is 18.9. The molecular weight excluding hydrogens is 384 g/mol. The fraction of sp³-hybridized carbons (Fsp3) is 0.130. The number of thiocarbonyl (C=S) groups is 1. The van der Waals surface area contributed by atoms with Crippen molar-refractivity contribution in [2.24, 2.45) is 4.99 Å². The topological polar surface area (TPSA) is 24.8 Å². The fourth-order valence-corrected chi connectivity index (χ4v) is 5.20. The SMILES string of the molecule is S=C1CSC(c2ccc(Oc3ccccc3)cc2)N1c1ccc2c(c1)CC=N2. The Kier molecular flexibility index (Phi) is 4.63. The molecule has 5 rings (SSSR count). The third-order valence-electron chi connectivity index (χ3n) is 4.89. The minimum absolute atomic E-state index is 0.179. The molecule has 1 unspecified atom stereocenters. The molecule has 1 atom stereocenters. The molecule has 0 saturated carbocycles. The lowest BCUT2D eigenvalue weighted by molar-refractivity contribution is 0.482. The molecule has 0 aromatic heterocycles. The number of para-hydroxylation sites is 1. The van der Waals surface area contributed by atoms with Gasteiger partial charge in [-0.15, -0.1) is 11.8 Å². The van der Waals surface area contributed by atoms with Gasteiger partial charge in [0.2, 0.25) is 0 Å². The molecule has 3 aromatic rings. The number of fused-ring (bicyclic) bond motifs is 1. The molecule has 0 spiro atoms. The average molecular weight is 403 g/mol. The lowest BCUT2D eigenvalue weighted by Crippen LogP contribution is -2.26. The zero-order valence-electron chi connectivity index (χ0n) is 15.1. The van der Waals surface area contributed by atoms with E-state index in [-0.39, 0.29) is 5.37 Å². The van der Waals surface area contributed by atoms with E-state index >= 15 is 0 Å². The number of anilines is 1. The number of hydrogen-bond acceptors (Lipinski definition) is 4. The van der Waals surface area contributed by atoms with Gasteiger partial charge in [-0.25, -0.2) is 0 Å². The summed E-state index contributed by atoms with van der Waals surface area (Å²) in [5.41, 5.74) is 4.71. The summed E-state index contributed by atoms with van der Waals surface area (Å²) in [6.07, 6.45) is 2.86. The van der Waals surface area contributed by atoms with Crippen LogP contribution in [0.25, 0.3) is 0 Å². The Bertz CT molecular complexity index is 1050. The maximum atomic E-state index is 5.92. The summed E-state index contributed by atoms with van der Waals surface area (Å²) in [6.45, 7) is 0. The maximum absolute atomic E-state index is 5.92. The summed E-state index contributed by atoms with van der Waals surface area (Å²) < 4.78 is 5.92. The number of hydrogen-bond donors (Lipinski definition) is 0. The summed E-state index contributed by atoms with van der Waals surface area (Å²) in [5.74, 6) is 2.53. The van der Waals surface area contributed by atoms with E-state index in [9.17, 15) is 0 Å². The van der Waals surface area contributed by atoms with Gasteiger partial charge in [-0.05, 0) is 53.6 Å². The van der Waals surface area contributed by atoms with E-state index in [1.807, 2.05) is 60.4 Å². The van der Waals surface area contributed by atoms with Gasteiger partial charge in [0, 0.05) is 24.1 Å². The first-order valence-electron chi connectivity index (χ1n) is 9.20. The van der Waals surface area contributed by atoms with Gasteiger partial charge < -0.3 is 9.64 Å². The molecule has 3 aromatic carbocycles. The van der Waals surface area contributed by atoms with Crippen LogP contribution in [-0.4, -0.2) is 17.0 Å². The lowest BCUT2D eigenvalue weighted by Gasteiger charge is -2.26. The van der Waals surface area contributed by atoms with Crippen LogP contribution in [0.15, 0.2) is 77.8 Å². The minimum atomic E-state index is 0.179. The molecule has 1 fully saturated rings. The molecule has 2 aliphatic rings. The normalized spacial score (nSPS) is 17.8. The molecule has 0 amide bonds. The molecule has 0 bridgehead atoms. The smallest absolute Gasteiger partial charge is 0.127 e. The van der Waals surface area contributed by atoms with Gasteiger partial charge in [-0.3, -0.25) is 4.99 Å². The predicted molar refractivity (Wildman–Crippen MR) is 122 cm³/mol. The molecule has 28 heavy (non-hydrogen) atoms. The highest BCUT2D eigenvalue weighted by atomic mass is 32.2. The molecule has 2 aliphatic heterocycles. The van der Waals surface area contributed by atoms with Crippen LogP contribution in [0.4, 0.5) is 11.4 Å². The second kappa shape index (κ2) is 7.41. The number of benzene rings is 3. The highest BCUT2D eigenvalue weighted by molar-refractivity contribution is 8.02. The van der Waals surface area contributed by atoms with E-state index in [4.69, 9.17) is 17.0 Å². The third-order valence-corrected chi connectivity index (χ3v) is 6.66. The van der Waals surface area contributed by atoms with Crippen LogP contribution in [0.1, 0.15) is 16.5 Å². The van der Waals surface area contributed by atoms with E-state index < -0.39 is 0 Å². The van der Waals surface area contributed by atoms with Gasteiger partial charge in [0.05, 0.1) is 10.7 Å². The number of rotatable bonds is 4. The van der Waals surface area contributed by atoms with Crippen molar-refractivity contribution in [3.8, 4) is 11.5 Å². The van der Waals surface area contributed by atoms with Crippen molar-refractivity contribution in [1.82, 2.24) is 0 Å². The van der Waals surface area contributed by atoms with Crippen molar-refractivity contribution in [3.63, 3.8) is 0 Å². The monoisotopic (exact) mass is 402 g/mol. The molecule has 1 saturated heterocycles. The van der Waals surface area contributed by atoms with Crippen molar-refractivity contribution in [2.75, 3.05) is 10.7 Å². The van der Waals surface area contributed by atoms with E-state index in [0.717, 1.165) is 40.0 Å². The van der Waals surface area contributed by atoms with E-state index in [2.05, 4.69) is 40.2 Å². The van der Waals surface area contributed by atoms with Crippen LogP contribution in [0, 0.1) is 0 Å². The van der Waals surface area contributed by atoms with E-state index in [0.29, 0.717) is 0 Å². The van der Waals surface area contributed by atoms with Crippen LogP contribution in [0.2, 0.25) is 0 Å². The Labute approximate surface area is 174 Å². The zero-order valence-corrected chi connectivity index (χ0v) is 16.7. The van der Waals surface area contributed by atoms with Crippen LogP contribution < -0.4 is 9.64 Å². The number of aliphatic imine (C=N–C) groups is 1. The van der Waals surface area contributed by atoms with Crippen LogP contribution >= 0.6 is 24.0 Å². The van der Waals surface area contributed by atoms with Crippen LogP contribution in [-0.2, 0) is 6.42 Å². The number of thioether (sulfide) groups is 1. The summed E-state index contributed by atoms with van der Waals surface area (Å²) in [6, 6.07) is 24.6. The Morgan fingerprint density at radius 3 is 2.57 bits per heavy atom. The van der Waals surface area contributed by atoms with Gasteiger partial charge in [0.25, 0.3) is 0 Å². The highest BCUT2D eigenvalue weighted by Gasteiger charge is 2.31. The Balaban J connectivity index is 1.39. The van der Waals surface area contributed by atoms with Crippen molar-refractivity contribution in [2.45, 2.75) is 11.8 Å². The Hall–Kier alpha value is -2.63. The molecule has 3 nitrogen and oxygen atoms in total. The Morgan fingerprint density at radius 2 is 1.75 bits per heavy atom. The van der Waals surface area contributed by atoms with Gasteiger partial charge in [0.1, 0.15) is 16.9 Å². The summed E-state index contributed by atoms with van der Waals surface area (Å²) in [7, 11) is 0. The summed E-state index contributed by atoms with van der Waals surface area (Å²) in [4.78, 5) is 7.65. The highest BCUT2D eigenvalue weighted by Crippen LogP contribution is 2.44. The van der Waals surface area contributed by atoms with Crippen molar-refractivity contribution >= 4 is 46.6 Å². The standard InChI is InChI=1S/C23H18N2OS2/c27-22-15-28-23(25(22)18-8-11-21-17(14-18)12-13-24-21)16-6-9-20(10-7-16)26-19-4-2-1-3-5-19/h1-11,13-14,23H,12,15H2. The molecule has 138 valence electrons. The largest absolute Gasteiger partial charge is 0.457 e. The minimum Gasteiger partial charge on any atom is -0.457 e. The number of nitrogens with zero attached hydrogens (tertiary/aromatic N) is 2. The van der Waals surface area contributed by atoms with Gasteiger partial charge in [-0.2, -0.15) is 0 Å². The quantitative estimate of drug-likeness (QED) is 0.477. The maximum Gasteiger partial charge on any atom is 0.127 e. The van der Waals surface area contributed by atoms with Gasteiger partial charge in [-0.1, -0.05) is 42.5 Å². The van der Waals surface area contributed by atoms with Crippen molar-refractivity contribution < 1.29 is 4.74 Å². The molecule has 0 N–H and O–H groups in total. The first kappa shape index (κ1) is 17.5. The second-order valence-corrected chi connectivity index (χ2v) is 8.28. The Morgan fingerprint density at radius 1 is 0.964 bits per heavy atom. The molecule has 0 radical (unpaired) electrons. The van der Waals surface area contributed by atoms with Crippen LogP contribution in [0.5, 0.6) is 11.5 Å². The van der Waals surface area contributed by atoms with Gasteiger partial charge in [0.15, 0.2) is 0 Å². The molecule has 0 aliphatic carbocycles. The van der Waals surface area contributed by atoms with E-state index in [1.54, 1.807) is 0 Å². The molecule has 5 heteroatoms. The summed E-state index contributed by atoms with van der Waals surface area (Å²) in [5, 5.41) is 0.179. The van der Waals surface area contributed by atoms with Gasteiger partial charge >= 0.3 is 0 Å². The fourth-order valence-electron chi connectivity index (χ4n) is 3.53. The summed E-state index contributed by atoms with van der Waals surface area (Å²) >= 11 is 7.55. The second-order valence-electron chi connectivity index (χ2n) is 6.74. The third kappa shape index (κ3) is 3.32. The first-order chi connectivity index (χ1) is 13.8. The predicted octanol–water partition coefficient (Wildman–Crippen LogP) is 6.32. The number of ether oxygens (including phenoxy) is 1. The van der Waals surface area contributed by atoms with E-state index in [1.165, 1.54) is 11.1 Å². The lowest BCUT2D eigenvalue weighted by atomic mass is 10.1. The van der Waals surface area contributed by atoms with Crippen molar-refractivity contribution in [1.29, 1.82) is 0 Å². The first-order valence-corrected chi connectivity index (χ1v) is 10.7. The van der Waals surface area contributed by atoms with Crippen LogP contribution in [0.3, 0.4) is 0 Å².